The maximum atomic E-state index is 13.0. The van der Waals surface area contributed by atoms with Crippen molar-refractivity contribution < 1.29 is 9.22 Å². The van der Waals surface area contributed by atoms with Crippen LogP contribution in [0.25, 0.3) is 0 Å². The standard InChI is InChI=1S/C27H39NO2Si/c1-27(2,3)31(4,5)30-21-15-7-6-14-20-26(29)28(22-24-16-10-8-11-17-24)23-25-18-12-9-13-19-25/h8-13,15-19,21H,6-7,14,20,22-23H2,1-5H3/b21-15-. The maximum absolute atomic E-state index is 13.0. The van der Waals surface area contributed by atoms with Gasteiger partial charge in [-0.3, -0.25) is 4.79 Å². The van der Waals surface area contributed by atoms with Gasteiger partial charge in [-0.2, -0.15) is 0 Å². The zero-order valence-electron chi connectivity index (χ0n) is 19.9. The predicted octanol–water partition coefficient (Wildman–Crippen LogP) is 7.31. The molecule has 0 aromatic heterocycles. The minimum absolute atomic E-state index is 0.213. The molecule has 2 rings (SSSR count). The zero-order chi connectivity index (χ0) is 22.7. The van der Waals surface area contributed by atoms with Crippen LogP contribution < -0.4 is 0 Å². The lowest BCUT2D eigenvalue weighted by molar-refractivity contribution is -0.132. The van der Waals surface area contributed by atoms with E-state index in [1.54, 1.807) is 0 Å². The molecule has 0 aliphatic rings. The van der Waals surface area contributed by atoms with Gasteiger partial charge in [-0.25, -0.2) is 0 Å². The van der Waals surface area contributed by atoms with E-state index < -0.39 is 8.32 Å². The molecule has 2 aromatic carbocycles. The summed E-state index contributed by atoms with van der Waals surface area (Å²) in [5, 5.41) is 0.213. The number of nitrogens with zero attached hydrogens (tertiary/aromatic N) is 1. The third-order valence-electron chi connectivity index (χ3n) is 6.06. The molecule has 1 amide bonds. The Morgan fingerprint density at radius 3 is 1.90 bits per heavy atom. The quantitative estimate of drug-likeness (QED) is 0.209. The van der Waals surface area contributed by atoms with Gasteiger partial charge in [-0.15, -0.1) is 0 Å². The van der Waals surface area contributed by atoms with Crippen molar-refractivity contribution in [2.75, 3.05) is 0 Å². The molecule has 0 N–H and O–H groups in total. The summed E-state index contributed by atoms with van der Waals surface area (Å²) in [6, 6.07) is 20.5. The number of hydrogen-bond donors (Lipinski definition) is 0. The van der Waals surface area contributed by atoms with Crippen molar-refractivity contribution >= 4 is 14.2 Å². The third kappa shape index (κ3) is 8.74. The highest BCUT2D eigenvalue weighted by Gasteiger charge is 2.37. The minimum Gasteiger partial charge on any atom is -0.549 e. The molecule has 3 nitrogen and oxygen atoms in total. The number of amides is 1. The second kappa shape index (κ2) is 11.9. The van der Waals surface area contributed by atoms with Crippen molar-refractivity contribution in [2.45, 2.75) is 77.7 Å². The van der Waals surface area contributed by atoms with E-state index >= 15 is 0 Å². The van der Waals surface area contributed by atoms with Crippen LogP contribution in [-0.4, -0.2) is 19.1 Å². The van der Waals surface area contributed by atoms with E-state index in [0.717, 1.165) is 30.4 Å². The Morgan fingerprint density at radius 2 is 1.42 bits per heavy atom. The molecule has 0 aliphatic carbocycles. The lowest BCUT2D eigenvalue weighted by Gasteiger charge is -2.34. The van der Waals surface area contributed by atoms with Crippen LogP contribution in [0.1, 0.15) is 57.6 Å². The summed E-state index contributed by atoms with van der Waals surface area (Å²) in [7, 11) is -1.73. The van der Waals surface area contributed by atoms with Crippen LogP contribution in [0.5, 0.6) is 0 Å². The molecule has 0 saturated carbocycles. The second-order valence-corrected chi connectivity index (χ2v) is 14.5. The van der Waals surface area contributed by atoms with Crippen LogP contribution in [0.3, 0.4) is 0 Å². The molecule has 31 heavy (non-hydrogen) atoms. The van der Waals surface area contributed by atoms with Gasteiger partial charge in [0.25, 0.3) is 0 Å². The number of rotatable bonds is 11. The van der Waals surface area contributed by atoms with Gasteiger partial charge in [0.2, 0.25) is 14.2 Å². The number of carbonyl (C=O) groups excluding carboxylic acids is 1. The van der Waals surface area contributed by atoms with Crippen molar-refractivity contribution in [3.8, 4) is 0 Å². The van der Waals surface area contributed by atoms with Crippen LogP contribution in [0.2, 0.25) is 18.1 Å². The Balaban J connectivity index is 1.82. The van der Waals surface area contributed by atoms with Gasteiger partial charge in [0, 0.05) is 19.5 Å². The summed E-state index contributed by atoms with van der Waals surface area (Å²) >= 11 is 0. The molecule has 0 bridgehead atoms. The molecule has 0 spiro atoms. The van der Waals surface area contributed by atoms with Gasteiger partial charge >= 0.3 is 0 Å². The Morgan fingerprint density at radius 1 is 0.903 bits per heavy atom. The number of hydrogen-bond acceptors (Lipinski definition) is 2. The summed E-state index contributed by atoms with van der Waals surface area (Å²) in [6.07, 6.45) is 7.40. The summed E-state index contributed by atoms with van der Waals surface area (Å²) in [6.45, 7) is 12.5. The molecule has 0 radical (unpaired) electrons. The highest BCUT2D eigenvalue weighted by Crippen LogP contribution is 2.36. The number of benzene rings is 2. The summed E-state index contributed by atoms with van der Waals surface area (Å²) in [5.74, 6) is 0.217. The smallest absolute Gasteiger partial charge is 0.249 e. The van der Waals surface area contributed by atoms with Gasteiger partial charge in [0.1, 0.15) is 0 Å². The van der Waals surface area contributed by atoms with E-state index in [1.165, 1.54) is 0 Å². The number of carbonyl (C=O) groups is 1. The van der Waals surface area contributed by atoms with Gasteiger partial charge in [-0.1, -0.05) is 87.5 Å². The largest absolute Gasteiger partial charge is 0.549 e. The predicted molar refractivity (Wildman–Crippen MR) is 133 cm³/mol. The number of allylic oxidation sites excluding steroid dienone is 1. The summed E-state index contributed by atoms with van der Waals surface area (Å²) in [5.41, 5.74) is 2.33. The van der Waals surface area contributed by atoms with Crippen molar-refractivity contribution in [3.63, 3.8) is 0 Å². The molecule has 168 valence electrons. The topological polar surface area (TPSA) is 29.5 Å². The molecule has 0 saturated heterocycles. The fraction of sp³-hybridized carbons (Fsp3) is 0.444. The summed E-state index contributed by atoms with van der Waals surface area (Å²) in [4.78, 5) is 14.9. The van der Waals surface area contributed by atoms with E-state index in [9.17, 15) is 4.79 Å². The molecule has 0 atom stereocenters. The van der Waals surface area contributed by atoms with E-state index in [4.69, 9.17) is 4.43 Å². The third-order valence-corrected chi connectivity index (χ3v) is 10.4. The molecular formula is C27H39NO2Si. The first-order chi connectivity index (χ1) is 14.7. The molecule has 0 unspecified atom stereocenters. The highest BCUT2D eigenvalue weighted by molar-refractivity contribution is 6.74. The SMILES string of the molecule is CC(C)(C)[Si](C)(C)O/C=C\CCCCC(=O)N(Cc1ccccc1)Cc1ccccc1. The fourth-order valence-electron chi connectivity index (χ4n) is 3.00. The van der Waals surface area contributed by atoms with Gasteiger partial charge in [0.05, 0.1) is 6.26 Å². The van der Waals surface area contributed by atoms with E-state index in [-0.39, 0.29) is 10.9 Å². The average Bonchev–Trinajstić information content (AvgIpc) is 2.73. The van der Waals surface area contributed by atoms with Crippen molar-refractivity contribution in [1.29, 1.82) is 0 Å². The lowest BCUT2D eigenvalue weighted by Crippen LogP contribution is -2.39. The van der Waals surface area contributed by atoms with Crippen LogP contribution in [0, 0.1) is 0 Å². The Labute approximate surface area is 190 Å². The van der Waals surface area contributed by atoms with Gasteiger partial charge in [-0.05, 0) is 48.5 Å². The maximum Gasteiger partial charge on any atom is 0.249 e. The van der Waals surface area contributed by atoms with Gasteiger partial charge < -0.3 is 9.33 Å². The lowest BCUT2D eigenvalue weighted by atomic mass is 10.1. The fourth-order valence-corrected chi connectivity index (χ4v) is 3.79. The normalized spacial score (nSPS) is 12.2. The molecule has 0 fully saturated rings. The van der Waals surface area contributed by atoms with Crippen LogP contribution in [0.4, 0.5) is 0 Å². The van der Waals surface area contributed by atoms with Crippen LogP contribution in [0.15, 0.2) is 73.0 Å². The van der Waals surface area contributed by atoms with E-state index in [2.05, 4.69) is 64.2 Å². The minimum atomic E-state index is -1.73. The first-order valence-electron chi connectivity index (χ1n) is 11.4. The first kappa shape index (κ1) is 24.9. The Kier molecular flexibility index (Phi) is 9.57. The van der Waals surface area contributed by atoms with Crippen molar-refractivity contribution in [3.05, 3.63) is 84.1 Å². The van der Waals surface area contributed by atoms with Crippen LogP contribution >= 0.6 is 0 Å². The van der Waals surface area contributed by atoms with E-state index in [0.29, 0.717) is 19.5 Å². The second-order valence-electron chi connectivity index (χ2n) is 9.72. The van der Waals surface area contributed by atoms with Crippen molar-refractivity contribution in [2.24, 2.45) is 0 Å². The molecular weight excluding hydrogens is 398 g/mol. The number of unbranched alkanes of at least 4 members (excludes halogenated alkanes) is 2. The zero-order valence-corrected chi connectivity index (χ0v) is 20.9. The van der Waals surface area contributed by atoms with Crippen LogP contribution in [-0.2, 0) is 22.3 Å². The van der Waals surface area contributed by atoms with E-state index in [1.807, 2.05) is 47.6 Å². The average molecular weight is 438 g/mol. The molecule has 0 heterocycles. The van der Waals surface area contributed by atoms with Crippen molar-refractivity contribution in [1.82, 2.24) is 4.90 Å². The van der Waals surface area contributed by atoms with Gasteiger partial charge in [0.15, 0.2) is 0 Å². The monoisotopic (exact) mass is 437 g/mol. The highest BCUT2D eigenvalue weighted by atomic mass is 28.4. The first-order valence-corrected chi connectivity index (χ1v) is 14.3. The summed E-state index contributed by atoms with van der Waals surface area (Å²) < 4.78 is 6.08. The molecule has 2 aromatic rings. The Bertz CT molecular complexity index is 769. The molecule has 0 aliphatic heterocycles. The Hall–Kier alpha value is -2.33. The molecule has 4 heteroatoms.